The lowest BCUT2D eigenvalue weighted by Crippen LogP contribution is -1.98. The maximum atomic E-state index is 2.48. The lowest BCUT2D eigenvalue weighted by atomic mass is 10.0. The molecule has 57 heavy (non-hydrogen) atoms. The minimum Gasteiger partial charge on any atom is -0.309 e. The van der Waals surface area contributed by atoms with Gasteiger partial charge in [0.1, 0.15) is 0 Å². The van der Waals surface area contributed by atoms with Gasteiger partial charge in [0.25, 0.3) is 0 Å². The average molecular weight is 726 g/mol. The molecule has 0 unspecified atom stereocenters. The molecule has 3 aromatic heterocycles. The third kappa shape index (κ3) is 4.73. The molecular formula is C54H35N3. The van der Waals surface area contributed by atoms with E-state index in [0.29, 0.717) is 0 Å². The number of hydrogen-bond acceptors (Lipinski definition) is 0. The van der Waals surface area contributed by atoms with Crippen molar-refractivity contribution in [1.82, 2.24) is 13.7 Å². The monoisotopic (exact) mass is 725 g/mol. The van der Waals surface area contributed by atoms with Gasteiger partial charge in [-0.25, -0.2) is 0 Å². The van der Waals surface area contributed by atoms with Gasteiger partial charge in [-0.15, -0.1) is 0 Å². The van der Waals surface area contributed by atoms with Gasteiger partial charge in [0, 0.05) is 49.3 Å². The quantitative estimate of drug-likeness (QED) is 0.168. The second kappa shape index (κ2) is 12.5. The molecule has 0 radical (unpaired) electrons. The third-order valence-corrected chi connectivity index (χ3v) is 11.8. The van der Waals surface area contributed by atoms with Crippen molar-refractivity contribution in [2.24, 2.45) is 0 Å². The van der Waals surface area contributed by atoms with E-state index < -0.39 is 0 Å². The van der Waals surface area contributed by atoms with Crippen LogP contribution in [-0.2, 0) is 0 Å². The van der Waals surface area contributed by atoms with Crippen molar-refractivity contribution in [2.45, 2.75) is 0 Å². The molecule has 0 fully saturated rings. The topological polar surface area (TPSA) is 14.8 Å². The molecule has 3 heteroatoms. The summed E-state index contributed by atoms with van der Waals surface area (Å²) in [5.41, 5.74) is 15.4. The molecule has 266 valence electrons. The number of aromatic nitrogens is 3. The zero-order chi connectivity index (χ0) is 37.5. The molecule has 0 spiro atoms. The van der Waals surface area contributed by atoms with Gasteiger partial charge in [-0.2, -0.15) is 0 Å². The predicted molar refractivity (Wildman–Crippen MR) is 240 cm³/mol. The third-order valence-electron chi connectivity index (χ3n) is 11.8. The van der Waals surface area contributed by atoms with E-state index in [4.69, 9.17) is 0 Å². The lowest BCUT2D eigenvalue weighted by molar-refractivity contribution is 1.17. The summed E-state index contributed by atoms with van der Waals surface area (Å²) in [7, 11) is 0. The SMILES string of the molecule is c1ccc(-c2cccc(-n3c4ccccc4c4c5c6ccccc6n(-c6ccccc6-c6ccc7c8ccccc8n(-c8ccccc8)c7c6)c5ccc43)c2)cc1. The Balaban J connectivity index is 1.12. The molecule has 0 N–H and O–H groups in total. The maximum Gasteiger partial charge on any atom is 0.0549 e. The average Bonchev–Trinajstić information content (AvgIpc) is 3.92. The Hall–Kier alpha value is -7.62. The summed E-state index contributed by atoms with van der Waals surface area (Å²) in [6, 6.07) is 77.4. The zero-order valence-corrected chi connectivity index (χ0v) is 31.0. The molecule has 0 aliphatic carbocycles. The Bertz CT molecular complexity index is 3510. The van der Waals surface area contributed by atoms with Crippen LogP contribution in [0.15, 0.2) is 212 Å². The van der Waals surface area contributed by atoms with Gasteiger partial charge in [0.2, 0.25) is 0 Å². The highest BCUT2D eigenvalue weighted by Gasteiger charge is 2.22. The molecule has 12 rings (SSSR count). The molecule has 12 aromatic rings. The van der Waals surface area contributed by atoms with Crippen LogP contribution in [0.5, 0.6) is 0 Å². The first-order valence-electron chi connectivity index (χ1n) is 19.6. The summed E-state index contributed by atoms with van der Waals surface area (Å²) >= 11 is 0. The van der Waals surface area contributed by atoms with Crippen molar-refractivity contribution in [2.75, 3.05) is 0 Å². The molecule has 0 aliphatic heterocycles. The van der Waals surface area contributed by atoms with Crippen molar-refractivity contribution in [3.05, 3.63) is 212 Å². The van der Waals surface area contributed by atoms with E-state index in [2.05, 4.69) is 226 Å². The number of rotatable bonds is 5. The number of fused-ring (bicyclic) bond motifs is 10. The van der Waals surface area contributed by atoms with Crippen LogP contribution in [0.2, 0.25) is 0 Å². The van der Waals surface area contributed by atoms with E-state index in [1.807, 2.05) is 0 Å². The number of benzene rings is 9. The molecule has 0 bridgehead atoms. The lowest BCUT2D eigenvalue weighted by Gasteiger charge is -2.15. The highest BCUT2D eigenvalue weighted by molar-refractivity contribution is 6.29. The molecule has 9 aromatic carbocycles. The number of para-hydroxylation sites is 5. The van der Waals surface area contributed by atoms with Crippen molar-refractivity contribution < 1.29 is 0 Å². The van der Waals surface area contributed by atoms with E-state index in [-0.39, 0.29) is 0 Å². The molecule has 0 aliphatic rings. The fourth-order valence-electron chi connectivity index (χ4n) is 9.42. The van der Waals surface area contributed by atoms with Crippen LogP contribution in [0.4, 0.5) is 0 Å². The highest BCUT2D eigenvalue weighted by atomic mass is 15.0. The van der Waals surface area contributed by atoms with E-state index in [0.717, 1.165) is 17.1 Å². The van der Waals surface area contributed by atoms with Gasteiger partial charge < -0.3 is 13.7 Å². The summed E-state index contributed by atoms with van der Waals surface area (Å²) in [6.45, 7) is 0. The van der Waals surface area contributed by atoms with E-state index in [1.54, 1.807) is 0 Å². The smallest absolute Gasteiger partial charge is 0.0549 e. The molecule has 0 atom stereocenters. The minimum atomic E-state index is 1.15. The number of nitrogens with zero attached hydrogens (tertiary/aromatic N) is 3. The minimum absolute atomic E-state index is 1.15. The van der Waals surface area contributed by atoms with E-state index in [9.17, 15) is 0 Å². The second-order valence-electron chi connectivity index (χ2n) is 14.9. The van der Waals surface area contributed by atoms with Gasteiger partial charge in [-0.1, -0.05) is 146 Å². The second-order valence-corrected chi connectivity index (χ2v) is 14.9. The van der Waals surface area contributed by atoms with Gasteiger partial charge in [0.05, 0.1) is 38.8 Å². The van der Waals surface area contributed by atoms with Gasteiger partial charge in [-0.05, 0) is 83.4 Å². The normalized spacial score (nSPS) is 11.9. The Labute approximate surface area is 329 Å². The molecule has 3 nitrogen and oxygen atoms in total. The van der Waals surface area contributed by atoms with Crippen LogP contribution in [0.3, 0.4) is 0 Å². The predicted octanol–water partition coefficient (Wildman–Crippen LogP) is 14.3. The largest absolute Gasteiger partial charge is 0.309 e. The van der Waals surface area contributed by atoms with Crippen molar-refractivity contribution in [1.29, 1.82) is 0 Å². The van der Waals surface area contributed by atoms with Crippen LogP contribution in [-0.4, -0.2) is 13.7 Å². The van der Waals surface area contributed by atoms with Crippen molar-refractivity contribution in [3.63, 3.8) is 0 Å². The summed E-state index contributed by atoms with van der Waals surface area (Å²) in [5.74, 6) is 0. The van der Waals surface area contributed by atoms with Gasteiger partial charge >= 0.3 is 0 Å². The van der Waals surface area contributed by atoms with Crippen LogP contribution in [0.1, 0.15) is 0 Å². The summed E-state index contributed by atoms with van der Waals surface area (Å²) < 4.78 is 7.33. The molecular weight excluding hydrogens is 691 g/mol. The molecule has 0 amide bonds. The van der Waals surface area contributed by atoms with Crippen molar-refractivity contribution in [3.8, 4) is 39.3 Å². The Morgan fingerprint density at radius 2 is 0.754 bits per heavy atom. The molecule has 0 saturated carbocycles. The van der Waals surface area contributed by atoms with Crippen LogP contribution in [0.25, 0.3) is 105 Å². The standard InChI is InChI=1S/C54H35N3/c1-3-16-36(17-4-1)37-18-15-21-40(34-37)56-48-28-13-9-24-44(48)53-50(56)32-33-51-54(53)45-25-10-14-29-49(45)57(51)46-26-11-7-22-41(46)38-30-31-43-42-23-8-12-27-47(42)55(52(43)35-38)39-19-5-2-6-20-39/h1-35H. The molecule has 3 heterocycles. The zero-order valence-electron chi connectivity index (χ0n) is 31.0. The van der Waals surface area contributed by atoms with Gasteiger partial charge in [-0.3, -0.25) is 0 Å². The fraction of sp³-hybridized carbons (Fsp3) is 0. The van der Waals surface area contributed by atoms with Crippen LogP contribution >= 0.6 is 0 Å². The first kappa shape index (κ1) is 31.7. The maximum absolute atomic E-state index is 2.48. The van der Waals surface area contributed by atoms with Crippen molar-refractivity contribution >= 4 is 65.4 Å². The molecule has 0 saturated heterocycles. The van der Waals surface area contributed by atoms with Gasteiger partial charge in [0.15, 0.2) is 0 Å². The van der Waals surface area contributed by atoms with E-state index in [1.165, 1.54) is 87.7 Å². The Morgan fingerprint density at radius 1 is 0.246 bits per heavy atom. The van der Waals surface area contributed by atoms with Crippen LogP contribution in [0, 0.1) is 0 Å². The highest BCUT2D eigenvalue weighted by Crippen LogP contribution is 2.44. The van der Waals surface area contributed by atoms with Crippen LogP contribution < -0.4 is 0 Å². The summed E-state index contributed by atoms with van der Waals surface area (Å²) in [4.78, 5) is 0. The first-order chi connectivity index (χ1) is 28.3. The van der Waals surface area contributed by atoms with E-state index >= 15 is 0 Å². The summed E-state index contributed by atoms with van der Waals surface area (Å²) in [6.07, 6.45) is 0. The summed E-state index contributed by atoms with van der Waals surface area (Å²) in [5, 5.41) is 7.54. The Kier molecular flexibility index (Phi) is 6.93. The fourth-order valence-corrected chi connectivity index (χ4v) is 9.42. The number of hydrogen-bond donors (Lipinski definition) is 0. The first-order valence-corrected chi connectivity index (χ1v) is 19.6. The Morgan fingerprint density at radius 3 is 1.49 bits per heavy atom.